The van der Waals surface area contributed by atoms with Crippen molar-refractivity contribution in [2.75, 3.05) is 25.7 Å². The summed E-state index contributed by atoms with van der Waals surface area (Å²) in [6.45, 7) is 1.77. The zero-order chi connectivity index (χ0) is 13.3. The van der Waals surface area contributed by atoms with Crippen molar-refractivity contribution in [2.45, 2.75) is 13.3 Å². The van der Waals surface area contributed by atoms with Crippen LogP contribution in [0.25, 0.3) is 0 Å². The molecule has 0 saturated carbocycles. The third-order valence-electron chi connectivity index (χ3n) is 1.92. The quantitative estimate of drug-likeness (QED) is 0.534. The lowest BCUT2D eigenvalue weighted by Crippen LogP contribution is -2.37. The first-order valence-electron chi connectivity index (χ1n) is 5.18. The molecule has 17 heavy (non-hydrogen) atoms. The van der Waals surface area contributed by atoms with Gasteiger partial charge in [-0.25, -0.2) is 4.79 Å². The van der Waals surface area contributed by atoms with Crippen molar-refractivity contribution >= 4 is 29.7 Å². The van der Waals surface area contributed by atoms with Gasteiger partial charge in [0.2, 0.25) is 5.91 Å². The Hall–Kier alpha value is -1.24. The van der Waals surface area contributed by atoms with Gasteiger partial charge in [0.15, 0.2) is 0 Å². The molecule has 0 rings (SSSR count). The molecule has 1 atom stereocenters. The summed E-state index contributed by atoms with van der Waals surface area (Å²) >= 11 is 1.47. The molecule has 0 saturated heterocycles. The van der Waals surface area contributed by atoms with Gasteiger partial charge in [-0.2, -0.15) is 11.8 Å². The predicted octanol–water partition coefficient (Wildman–Crippen LogP) is 0.374. The van der Waals surface area contributed by atoms with Crippen molar-refractivity contribution < 1.29 is 19.1 Å². The van der Waals surface area contributed by atoms with Gasteiger partial charge in [-0.3, -0.25) is 14.9 Å². The smallest absolute Gasteiger partial charge is 0.321 e. The highest BCUT2D eigenvalue weighted by atomic mass is 32.2. The summed E-state index contributed by atoms with van der Waals surface area (Å²) in [5.41, 5.74) is 0. The van der Waals surface area contributed by atoms with Crippen LogP contribution < -0.4 is 10.6 Å². The normalized spacial score (nSPS) is 11.5. The minimum Gasteiger partial charge on any atom is -0.469 e. The Morgan fingerprint density at radius 2 is 2.00 bits per heavy atom. The molecule has 7 heteroatoms. The molecule has 0 fully saturated rings. The number of ether oxygens (including phenoxy) is 1. The van der Waals surface area contributed by atoms with Gasteiger partial charge in [0.05, 0.1) is 13.0 Å². The predicted molar refractivity (Wildman–Crippen MR) is 65.7 cm³/mol. The van der Waals surface area contributed by atoms with Crippen LogP contribution in [0, 0.1) is 5.92 Å². The number of carbonyl (C=O) groups is 3. The summed E-state index contributed by atoms with van der Waals surface area (Å²) in [7, 11) is 2.79. The van der Waals surface area contributed by atoms with Crippen LogP contribution in [-0.2, 0) is 14.3 Å². The molecule has 0 aliphatic rings. The second kappa shape index (κ2) is 8.86. The topological polar surface area (TPSA) is 84.5 Å². The molecular formula is C10H18N2O4S. The van der Waals surface area contributed by atoms with Crippen LogP contribution in [0.3, 0.4) is 0 Å². The van der Waals surface area contributed by atoms with Crippen LogP contribution in [0.2, 0.25) is 0 Å². The minimum atomic E-state index is -0.511. The van der Waals surface area contributed by atoms with E-state index >= 15 is 0 Å². The van der Waals surface area contributed by atoms with Crippen molar-refractivity contribution in [1.82, 2.24) is 10.6 Å². The van der Waals surface area contributed by atoms with Crippen molar-refractivity contribution in [3.63, 3.8) is 0 Å². The molecular weight excluding hydrogens is 244 g/mol. The van der Waals surface area contributed by atoms with Crippen molar-refractivity contribution in [2.24, 2.45) is 5.92 Å². The number of amides is 3. The third kappa shape index (κ3) is 7.62. The number of imide groups is 1. The van der Waals surface area contributed by atoms with Gasteiger partial charge in [0, 0.05) is 25.0 Å². The standard InChI is InChI=1S/C10H18N2O4S/c1-7(9(14)16-3)6-17-5-4-8(13)12-10(15)11-2/h7H,4-6H2,1-3H3,(H2,11,12,13,15). The molecule has 0 heterocycles. The van der Waals surface area contributed by atoms with Gasteiger partial charge in [0.25, 0.3) is 0 Å². The first kappa shape index (κ1) is 15.8. The Bertz CT molecular complexity index is 283. The maximum atomic E-state index is 11.2. The molecule has 6 nitrogen and oxygen atoms in total. The average Bonchev–Trinajstić information content (AvgIpc) is 2.32. The summed E-state index contributed by atoms with van der Waals surface area (Å²) in [6.07, 6.45) is 0.242. The molecule has 0 aromatic rings. The number of methoxy groups -OCH3 is 1. The maximum absolute atomic E-state index is 11.2. The Morgan fingerprint density at radius 3 is 2.53 bits per heavy atom. The summed E-state index contributed by atoms with van der Waals surface area (Å²) < 4.78 is 4.57. The lowest BCUT2D eigenvalue weighted by atomic mass is 10.2. The molecule has 3 amide bonds. The molecule has 0 aromatic heterocycles. The molecule has 0 radical (unpaired) electrons. The van der Waals surface area contributed by atoms with Gasteiger partial charge in [0.1, 0.15) is 0 Å². The van der Waals surface area contributed by atoms with Crippen molar-refractivity contribution in [3.05, 3.63) is 0 Å². The Morgan fingerprint density at radius 1 is 1.35 bits per heavy atom. The molecule has 0 aromatic carbocycles. The van der Waals surface area contributed by atoms with E-state index in [1.165, 1.54) is 25.9 Å². The largest absolute Gasteiger partial charge is 0.469 e. The molecule has 2 N–H and O–H groups in total. The summed E-state index contributed by atoms with van der Waals surface area (Å²) in [4.78, 5) is 33.0. The van der Waals surface area contributed by atoms with Gasteiger partial charge in [-0.15, -0.1) is 0 Å². The van der Waals surface area contributed by atoms with E-state index in [2.05, 4.69) is 15.4 Å². The molecule has 0 aliphatic carbocycles. The number of esters is 1. The Balaban J connectivity index is 3.61. The van der Waals surface area contributed by atoms with Crippen molar-refractivity contribution in [3.8, 4) is 0 Å². The number of nitrogens with one attached hydrogen (secondary N) is 2. The SMILES string of the molecule is CNC(=O)NC(=O)CCSCC(C)C(=O)OC. The van der Waals surface area contributed by atoms with E-state index in [-0.39, 0.29) is 24.2 Å². The zero-order valence-corrected chi connectivity index (χ0v) is 11.1. The molecule has 0 spiro atoms. The van der Waals surface area contributed by atoms with E-state index < -0.39 is 6.03 Å². The lowest BCUT2D eigenvalue weighted by molar-refractivity contribution is -0.144. The van der Waals surface area contributed by atoms with E-state index in [9.17, 15) is 14.4 Å². The van der Waals surface area contributed by atoms with Gasteiger partial charge >= 0.3 is 12.0 Å². The van der Waals surface area contributed by atoms with Gasteiger partial charge in [-0.1, -0.05) is 6.92 Å². The fourth-order valence-electron chi connectivity index (χ4n) is 0.946. The Kier molecular flexibility index (Phi) is 8.21. The zero-order valence-electron chi connectivity index (χ0n) is 10.2. The number of thioether (sulfide) groups is 1. The molecule has 98 valence electrons. The number of hydrogen-bond acceptors (Lipinski definition) is 5. The van der Waals surface area contributed by atoms with Crippen LogP contribution in [0.1, 0.15) is 13.3 Å². The van der Waals surface area contributed by atoms with Gasteiger partial charge in [-0.05, 0) is 0 Å². The van der Waals surface area contributed by atoms with E-state index in [0.717, 1.165) is 0 Å². The number of hydrogen-bond donors (Lipinski definition) is 2. The molecule has 0 bridgehead atoms. The Labute approximate surface area is 105 Å². The molecule has 0 aliphatic heterocycles. The highest BCUT2D eigenvalue weighted by Crippen LogP contribution is 2.10. The second-order valence-corrected chi connectivity index (χ2v) is 4.53. The van der Waals surface area contributed by atoms with Crippen molar-refractivity contribution in [1.29, 1.82) is 0 Å². The maximum Gasteiger partial charge on any atom is 0.321 e. The van der Waals surface area contributed by atoms with E-state index in [0.29, 0.717) is 11.5 Å². The average molecular weight is 262 g/mol. The monoisotopic (exact) mass is 262 g/mol. The van der Waals surface area contributed by atoms with E-state index in [4.69, 9.17) is 0 Å². The first-order chi connectivity index (χ1) is 8.01. The summed E-state index contributed by atoms with van der Waals surface area (Å²) in [5.74, 6) is 0.381. The summed E-state index contributed by atoms with van der Waals surface area (Å²) in [5, 5.41) is 4.45. The fourth-order valence-corrected chi connectivity index (χ4v) is 1.93. The first-order valence-corrected chi connectivity index (χ1v) is 6.33. The third-order valence-corrected chi connectivity index (χ3v) is 3.15. The lowest BCUT2D eigenvalue weighted by Gasteiger charge is -2.08. The highest BCUT2D eigenvalue weighted by molar-refractivity contribution is 7.99. The van der Waals surface area contributed by atoms with E-state index in [1.54, 1.807) is 6.92 Å². The van der Waals surface area contributed by atoms with Gasteiger partial charge < -0.3 is 10.1 Å². The number of urea groups is 1. The fraction of sp³-hybridized carbons (Fsp3) is 0.700. The second-order valence-electron chi connectivity index (χ2n) is 3.38. The minimum absolute atomic E-state index is 0.188. The van der Waals surface area contributed by atoms with Crippen LogP contribution in [-0.4, -0.2) is 43.6 Å². The number of rotatable bonds is 6. The van der Waals surface area contributed by atoms with Crippen LogP contribution in [0.15, 0.2) is 0 Å². The van der Waals surface area contributed by atoms with Crippen LogP contribution >= 0.6 is 11.8 Å². The highest BCUT2D eigenvalue weighted by Gasteiger charge is 2.13. The molecule has 1 unspecified atom stereocenters. The summed E-state index contributed by atoms with van der Waals surface area (Å²) in [6, 6.07) is -0.511. The van der Waals surface area contributed by atoms with Crippen LogP contribution in [0.5, 0.6) is 0 Å². The van der Waals surface area contributed by atoms with E-state index in [1.807, 2.05) is 0 Å². The number of carbonyl (C=O) groups excluding carboxylic acids is 3. The van der Waals surface area contributed by atoms with Crippen LogP contribution in [0.4, 0.5) is 4.79 Å².